The van der Waals surface area contributed by atoms with Crippen molar-refractivity contribution in [2.24, 2.45) is 0 Å². The standard InChI is InChI=1S/C20H15BrF2N2O2/c1-2-25(15-7-8-17(22)18(23)11-15)20(26)13-6-9-19(24-12-13)27-16-5-3-4-14(21)10-16/h3-12H,2H2,1H3. The minimum atomic E-state index is -1.00. The van der Waals surface area contributed by atoms with E-state index in [0.29, 0.717) is 23.7 Å². The van der Waals surface area contributed by atoms with Crippen molar-refractivity contribution < 1.29 is 18.3 Å². The van der Waals surface area contributed by atoms with E-state index in [9.17, 15) is 13.6 Å². The van der Waals surface area contributed by atoms with Crippen molar-refractivity contribution in [2.45, 2.75) is 6.92 Å². The quantitative estimate of drug-likeness (QED) is 0.528. The van der Waals surface area contributed by atoms with Crippen LogP contribution in [0.4, 0.5) is 14.5 Å². The predicted molar refractivity (Wildman–Crippen MR) is 102 cm³/mol. The van der Waals surface area contributed by atoms with E-state index >= 15 is 0 Å². The highest BCUT2D eigenvalue weighted by atomic mass is 79.9. The summed E-state index contributed by atoms with van der Waals surface area (Å²) in [5.41, 5.74) is 0.582. The zero-order valence-corrected chi connectivity index (χ0v) is 15.9. The lowest BCUT2D eigenvalue weighted by Gasteiger charge is -2.21. The number of benzene rings is 2. The van der Waals surface area contributed by atoms with Gasteiger partial charge in [-0.2, -0.15) is 0 Å². The molecule has 4 nitrogen and oxygen atoms in total. The largest absolute Gasteiger partial charge is 0.439 e. The highest BCUT2D eigenvalue weighted by Gasteiger charge is 2.18. The van der Waals surface area contributed by atoms with Crippen LogP contribution in [-0.2, 0) is 0 Å². The molecule has 0 atom stereocenters. The van der Waals surface area contributed by atoms with Crippen molar-refractivity contribution in [3.05, 3.63) is 82.5 Å². The topological polar surface area (TPSA) is 42.4 Å². The third kappa shape index (κ3) is 4.49. The Labute approximate surface area is 163 Å². The highest BCUT2D eigenvalue weighted by Crippen LogP contribution is 2.24. The van der Waals surface area contributed by atoms with E-state index in [1.54, 1.807) is 31.2 Å². The molecule has 1 heterocycles. The number of hydrogen-bond acceptors (Lipinski definition) is 3. The summed E-state index contributed by atoms with van der Waals surface area (Å²) in [7, 11) is 0. The van der Waals surface area contributed by atoms with Crippen LogP contribution in [0.25, 0.3) is 0 Å². The average molecular weight is 433 g/mol. The number of carbonyl (C=O) groups excluding carboxylic acids is 1. The highest BCUT2D eigenvalue weighted by molar-refractivity contribution is 9.10. The van der Waals surface area contributed by atoms with Crippen LogP contribution < -0.4 is 9.64 Å². The number of carbonyl (C=O) groups is 1. The van der Waals surface area contributed by atoms with E-state index in [0.717, 1.165) is 16.6 Å². The molecule has 1 amide bonds. The van der Waals surface area contributed by atoms with Crippen LogP contribution in [0.1, 0.15) is 17.3 Å². The lowest BCUT2D eigenvalue weighted by molar-refractivity contribution is 0.0988. The SMILES string of the molecule is CCN(C(=O)c1ccc(Oc2cccc(Br)c2)nc1)c1ccc(F)c(F)c1. The minimum Gasteiger partial charge on any atom is -0.439 e. The molecule has 0 radical (unpaired) electrons. The van der Waals surface area contributed by atoms with E-state index in [1.165, 1.54) is 17.2 Å². The number of amides is 1. The maximum absolute atomic E-state index is 13.5. The molecule has 138 valence electrons. The second-order valence-corrected chi connectivity index (χ2v) is 6.51. The molecule has 27 heavy (non-hydrogen) atoms. The zero-order chi connectivity index (χ0) is 19.4. The van der Waals surface area contributed by atoms with E-state index in [1.807, 2.05) is 12.1 Å². The number of pyridine rings is 1. The molecule has 0 N–H and O–H groups in total. The molecule has 0 aliphatic heterocycles. The Balaban J connectivity index is 1.78. The fourth-order valence-electron chi connectivity index (χ4n) is 2.47. The Morgan fingerprint density at radius 3 is 2.56 bits per heavy atom. The van der Waals surface area contributed by atoms with Crippen LogP contribution in [0, 0.1) is 11.6 Å². The molecule has 0 aliphatic carbocycles. The number of hydrogen-bond donors (Lipinski definition) is 0. The Bertz CT molecular complexity index is 964. The van der Waals surface area contributed by atoms with E-state index in [4.69, 9.17) is 4.74 Å². The van der Waals surface area contributed by atoms with Crippen molar-refractivity contribution in [3.8, 4) is 11.6 Å². The molecule has 3 rings (SSSR count). The van der Waals surface area contributed by atoms with E-state index in [2.05, 4.69) is 20.9 Å². The molecular weight excluding hydrogens is 418 g/mol. The lowest BCUT2D eigenvalue weighted by Crippen LogP contribution is -2.30. The molecule has 0 spiro atoms. The molecule has 0 unspecified atom stereocenters. The maximum Gasteiger partial charge on any atom is 0.259 e. The molecule has 0 fully saturated rings. The third-order valence-electron chi connectivity index (χ3n) is 3.78. The van der Waals surface area contributed by atoms with Gasteiger partial charge in [-0.25, -0.2) is 13.8 Å². The first-order chi connectivity index (χ1) is 13.0. The lowest BCUT2D eigenvalue weighted by atomic mass is 10.2. The van der Waals surface area contributed by atoms with Crippen molar-refractivity contribution in [2.75, 3.05) is 11.4 Å². The fraction of sp³-hybridized carbons (Fsp3) is 0.100. The number of nitrogens with zero attached hydrogens (tertiary/aromatic N) is 2. The summed E-state index contributed by atoms with van der Waals surface area (Å²) in [4.78, 5) is 18.2. The minimum absolute atomic E-state index is 0.274. The van der Waals surface area contributed by atoms with E-state index < -0.39 is 11.6 Å². The molecular formula is C20H15BrF2N2O2. The average Bonchev–Trinajstić information content (AvgIpc) is 2.66. The van der Waals surface area contributed by atoms with Gasteiger partial charge >= 0.3 is 0 Å². The van der Waals surface area contributed by atoms with Gasteiger partial charge < -0.3 is 9.64 Å². The van der Waals surface area contributed by atoms with Crippen LogP contribution >= 0.6 is 15.9 Å². The number of anilines is 1. The van der Waals surface area contributed by atoms with Gasteiger partial charge in [-0.15, -0.1) is 0 Å². The maximum atomic E-state index is 13.5. The van der Waals surface area contributed by atoms with Crippen molar-refractivity contribution >= 4 is 27.5 Å². The zero-order valence-electron chi connectivity index (χ0n) is 14.3. The summed E-state index contributed by atoms with van der Waals surface area (Å²) in [6, 6.07) is 13.8. The predicted octanol–water partition coefficient (Wildman–Crippen LogP) is 5.58. The molecule has 1 aromatic heterocycles. The first kappa shape index (κ1) is 19.0. The Kier molecular flexibility index (Phi) is 5.81. The Morgan fingerprint density at radius 1 is 1.11 bits per heavy atom. The molecule has 0 saturated heterocycles. The number of ether oxygens (including phenoxy) is 1. The fourth-order valence-corrected chi connectivity index (χ4v) is 2.85. The first-order valence-corrected chi connectivity index (χ1v) is 8.93. The second kappa shape index (κ2) is 8.26. The normalized spacial score (nSPS) is 10.5. The monoisotopic (exact) mass is 432 g/mol. The van der Waals surface area contributed by atoms with Gasteiger partial charge in [-0.1, -0.05) is 22.0 Å². The van der Waals surface area contributed by atoms with Crippen LogP contribution in [-0.4, -0.2) is 17.4 Å². The van der Waals surface area contributed by atoms with Gasteiger partial charge in [0, 0.05) is 35.0 Å². The molecule has 3 aromatic rings. The Morgan fingerprint density at radius 2 is 1.93 bits per heavy atom. The molecule has 0 aliphatic rings. The number of aromatic nitrogens is 1. The van der Waals surface area contributed by atoms with Gasteiger partial charge in [0.05, 0.1) is 5.56 Å². The summed E-state index contributed by atoms with van der Waals surface area (Å²) in [5.74, 6) is -1.40. The summed E-state index contributed by atoms with van der Waals surface area (Å²) < 4.78 is 33.1. The Hall–Kier alpha value is -2.80. The smallest absolute Gasteiger partial charge is 0.259 e. The van der Waals surface area contributed by atoms with Gasteiger partial charge in [0.1, 0.15) is 5.75 Å². The van der Waals surface area contributed by atoms with Crippen molar-refractivity contribution in [1.82, 2.24) is 4.98 Å². The van der Waals surface area contributed by atoms with Crippen molar-refractivity contribution in [1.29, 1.82) is 0 Å². The molecule has 2 aromatic carbocycles. The van der Waals surface area contributed by atoms with E-state index in [-0.39, 0.29) is 11.6 Å². The summed E-state index contributed by atoms with van der Waals surface area (Å²) >= 11 is 3.36. The third-order valence-corrected chi connectivity index (χ3v) is 4.27. The summed E-state index contributed by atoms with van der Waals surface area (Å²) in [6.07, 6.45) is 1.39. The van der Waals surface area contributed by atoms with Gasteiger partial charge in [-0.05, 0) is 43.3 Å². The van der Waals surface area contributed by atoms with Gasteiger partial charge in [-0.3, -0.25) is 4.79 Å². The van der Waals surface area contributed by atoms with Gasteiger partial charge in [0.2, 0.25) is 5.88 Å². The number of rotatable bonds is 5. The molecule has 0 saturated carbocycles. The van der Waals surface area contributed by atoms with Crippen LogP contribution in [0.15, 0.2) is 65.3 Å². The summed E-state index contributed by atoms with van der Waals surface area (Å²) in [6.45, 7) is 2.04. The number of halogens is 3. The van der Waals surface area contributed by atoms with Crippen LogP contribution in [0.3, 0.4) is 0 Å². The molecule has 0 bridgehead atoms. The second-order valence-electron chi connectivity index (χ2n) is 5.59. The van der Waals surface area contributed by atoms with Crippen LogP contribution in [0.2, 0.25) is 0 Å². The van der Waals surface area contributed by atoms with Gasteiger partial charge in [0.15, 0.2) is 11.6 Å². The molecule has 7 heteroatoms. The summed E-state index contributed by atoms with van der Waals surface area (Å²) in [5, 5.41) is 0. The first-order valence-electron chi connectivity index (χ1n) is 8.14. The van der Waals surface area contributed by atoms with Crippen LogP contribution in [0.5, 0.6) is 11.6 Å². The van der Waals surface area contributed by atoms with Crippen molar-refractivity contribution in [3.63, 3.8) is 0 Å². The van der Waals surface area contributed by atoms with Gasteiger partial charge in [0.25, 0.3) is 5.91 Å².